The molecule has 29 heavy (non-hydrogen) atoms. The van der Waals surface area contributed by atoms with Crippen LogP contribution in [0.25, 0.3) is 0 Å². The smallest absolute Gasteiger partial charge is 0.287 e. The summed E-state index contributed by atoms with van der Waals surface area (Å²) in [5.74, 6) is 0.322. The number of rotatable bonds is 4. The average molecular weight is 396 g/mol. The van der Waals surface area contributed by atoms with Crippen molar-refractivity contribution in [1.29, 1.82) is 0 Å². The summed E-state index contributed by atoms with van der Waals surface area (Å²) in [7, 11) is 0. The number of carbonyl (C=O) groups excluding carboxylic acids is 2. The molecule has 1 N–H and O–H groups in total. The summed E-state index contributed by atoms with van der Waals surface area (Å²) in [5, 5.41) is 3.05. The first-order chi connectivity index (χ1) is 14.1. The van der Waals surface area contributed by atoms with Gasteiger partial charge in [0.2, 0.25) is 0 Å². The van der Waals surface area contributed by atoms with Crippen molar-refractivity contribution in [3.05, 3.63) is 54.0 Å². The zero-order valence-corrected chi connectivity index (χ0v) is 17.0. The van der Waals surface area contributed by atoms with Crippen LogP contribution >= 0.6 is 0 Å². The van der Waals surface area contributed by atoms with E-state index in [1.807, 2.05) is 29.2 Å². The van der Waals surface area contributed by atoms with Gasteiger partial charge in [-0.3, -0.25) is 9.59 Å². The fourth-order valence-corrected chi connectivity index (χ4v) is 4.41. The Balaban J connectivity index is 1.41. The quantitative estimate of drug-likeness (QED) is 0.857. The van der Waals surface area contributed by atoms with Crippen LogP contribution in [0.2, 0.25) is 0 Å². The lowest BCUT2D eigenvalue weighted by Crippen LogP contribution is -2.46. The highest BCUT2D eigenvalue weighted by Gasteiger charge is 2.28. The standard InChI is InChI=1S/C23H29N3O3/c1-17-7-4-5-13-26(17)23(28)19-8-2-3-9-20(19)25-14-11-18(12-15-25)24-22(27)21-10-6-16-29-21/h2-3,6,8-10,16-18H,4-5,7,11-15H2,1H3,(H,24,27). The Morgan fingerprint density at radius 3 is 2.52 bits per heavy atom. The van der Waals surface area contributed by atoms with Gasteiger partial charge in [0.1, 0.15) is 0 Å². The fraction of sp³-hybridized carbons (Fsp3) is 0.478. The molecule has 2 aromatic rings. The van der Waals surface area contributed by atoms with E-state index in [4.69, 9.17) is 4.42 Å². The number of piperidine rings is 2. The van der Waals surface area contributed by atoms with E-state index in [0.29, 0.717) is 11.8 Å². The lowest BCUT2D eigenvalue weighted by molar-refractivity contribution is 0.0636. The van der Waals surface area contributed by atoms with Crippen LogP contribution in [-0.2, 0) is 0 Å². The molecule has 154 valence electrons. The van der Waals surface area contributed by atoms with Crippen LogP contribution < -0.4 is 10.2 Å². The molecular formula is C23H29N3O3. The number of hydrogen-bond donors (Lipinski definition) is 1. The van der Waals surface area contributed by atoms with Crippen molar-refractivity contribution in [2.24, 2.45) is 0 Å². The first kappa shape index (κ1) is 19.6. The number of benzene rings is 1. The molecule has 0 aliphatic carbocycles. The topological polar surface area (TPSA) is 65.8 Å². The minimum atomic E-state index is -0.164. The van der Waals surface area contributed by atoms with Gasteiger partial charge in [0.15, 0.2) is 5.76 Å². The maximum absolute atomic E-state index is 13.2. The van der Waals surface area contributed by atoms with Crippen LogP contribution in [0.4, 0.5) is 5.69 Å². The van der Waals surface area contributed by atoms with Gasteiger partial charge in [0.25, 0.3) is 11.8 Å². The summed E-state index contributed by atoms with van der Waals surface area (Å²) in [6, 6.07) is 11.7. The van der Waals surface area contributed by atoms with Gasteiger partial charge in [-0.25, -0.2) is 0 Å². The molecule has 1 aromatic heterocycles. The molecule has 1 atom stereocenters. The monoisotopic (exact) mass is 395 g/mol. The van der Waals surface area contributed by atoms with Crippen LogP contribution in [0, 0.1) is 0 Å². The van der Waals surface area contributed by atoms with Crippen molar-refractivity contribution in [3.63, 3.8) is 0 Å². The maximum Gasteiger partial charge on any atom is 0.287 e. The first-order valence-electron chi connectivity index (χ1n) is 10.6. The summed E-state index contributed by atoms with van der Waals surface area (Å²) < 4.78 is 5.17. The van der Waals surface area contributed by atoms with E-state index in [1.165, 1.54) is 12.7 Å². The maximum atomic E-state index is 13.2. The van der Waals surface area contributed by atoms with Crippen molar-refractivity contribution in [2.45, 2.75) is 51.1 Å². The summed E-state index contributed by atoms with van der Waals surface area (Å²) in [6.07, 6.45) is 6.55. The SMILES string of the molecule is CC1CCCCN1C(=O)c1ccccc1N1CCC(NC(=O)c2ccco2)CC1. The Morgan fingerprint density at radius 2 is 1.79 bits per heavy atom. The van der Waals surface area contributed by atoms with Gasteiger partial charge in [-0.2, -0.15) is 0 Å². The van der Waals surface area contributed by atoms with Gasteiger partial charge in [-0.05, 0) is 63.3 Å². The third kappa shape index (κ3) is 4.31. The van der Waals surface area contributed by atoms with E-state index in [0.717, 1.165) is 56.6 Å². The van der Waals surface area contributed by atoms with Gasteiger partial charge < -0.3 is 19.5 Å². The highest BCUT2D eigenvalue weighted by atomic mass is 16.3. The second kappa shape index (κ2) is 8.72. The predicted octanol–water partition coefficient (Wildman–Crippen LogP) is 3.69. The van der Waals surface area contributed by atoms with E-state index >= 15 is 0 Å². The van der Waals surface area contributed by atoms with E-state index in [2.05, 4.69) is 17.1 Å². The van der Waals surface area contributed by atoms with Crippen molar-refractivity contribution in [3.8, 4) is 0 Å². The summed E-state index contributed by atoms with van der Waals surface area (Å²) in [4.78, 5) is 29.8. The van der Waals surface area contributed by atoms with E-state index in [-0.39, 0.29) is 17.9 Å². The highest BCUT2D eigenvalue weighted by molar-refractivity contribution is 6.00. The Morgan fingerprint density at radius 1 is 1.00 bits per heavy atom. The molecule has 2 amide bonds. The molecule has 2 fully saturated rings. The highest BCUT2D eigenvalue weighted by Crippen LogP contribution is 2.28. The van der Waals surface area contributed by atoms with Crippen LogP contribution in [0.5, 0.6) is 0 Å². The van der Waals surface area contributed by atoms with Crippen molar-refractivity contribution in [2.75, 3.05) is 24.5 Å². The van der Waals surface area contributed by atoms with Crippen molar-refractivity contribution in [1.82, 2.24) is 10.2 Å². The number of carbonyl (C=O) groups is 2. The largest absolute Gasteiger partial charge is 0.459 e. The summed E-state index contributed by atoms with van der Waals surface area (Å²) >= 11 is 0. The van der Waals surface area contributed by atoms with Crippen LogP contribution in [0.1, 0.15) is 59.9 Å². The minimum absolute atomic E-state index is 0.119. The molecule has 0 saturated carbocycles. The number of likely N-dealkylation sites (tertiary alicyclic amines) is 1. The van der Waals surface area contributed by atoms with Crippen LogP contribution in [-0.4, -0.2) is 48.4 Å². The molecule has 2 aliphatic rings. The Kier molecular flexibility index (Phi) is 5.88. The van der Waals surface area contributed by atoms with Crippen molar-refractivity contribution >= 4 is 17.5 Å². The molecule has 1 aromatic carbocycles. The number of para-hydroxylation sites is 1. The number of hydrogen-bond acceptors (Lipinski definition) is 4. The predicted molar refractivity (Wildman–Crippen MR) is 112 cm³/mol. The summed E-state index contributed by atoms with van der Waals surface area (Å²) in [6.45, 7) is 4.61. The number of anilines is 1. The van der Waals surface area contributed by atoms with Gasteiger partial charge in [0.05, 0.1) is 11.8 Å². The van der Waals surface area contributed by atoms with Crippen LogP contribution in [0.15, 0.2) is 47.1 Å². The molecule has 0 spiro atoms. The number of furan rings is 1. The van der Waals surface area contributed by atoms with E-state index in [9.17, 15) is 9.59 Å². The zero-order valence-electron chi connectivity index (χ0n) is 17.0. The van der Waals surface area contributed by atoms with Crippen molar-refractivity contribution < 1.29 is 14.0 Å². The lowest BCUT2D eigenvalue weighted by Gasteiger charge is -2.37. The number of nitrogens with one attached hydrogen (secondary N) is 1. The normalized spacial score (nSPS) is 20.5. The molecule has 6 heteroatoms. The third-order valence-electron chi connectivity index (χ3n) is 6.11. The molecule has 2 aliphatic heterocycles. The van der Waals surface area contributed by atoms with Gasteiger partial charge in [-0.15, -0.1) is 0 Å². The van der Waals surface area contributed by atoms with Gasteiger partial charge in [0, 0.05) is 37.4 Å². The Bertz CT molecular complexity index is 841. The van der Waals surface area contributed by atoms with Gasteiger partial charge in [-0.1, -0.05) is 12.1 Å². The molecule has 6 nitrogen and oxygen atoms in total. The third-order valence-corrected chi connectivity index (χ3v) is 6.11. The minimum Gasteiger partial charge on any atom is -0.459 e. The van der Waals surface area contributed by atoms with Gasteiger partial charge >= 0.3 is 0 Å². The number of amides is 2. The lowest BCUT2D eigenvalue weighted by atomic mass is 10.00. The Hall–Kier alpha value is -2.76. The second-order valence-electron chi connectivity index (χ2n) is 8.07. The molecule has 3 heterocycles. The summed E-state index contributed by atoms with van der Waals surface area (Å²) in [5.41, 5.74) is 1.80. The fourth-order valence-electron chi connectivity index (χ4n) is 4.41. The molecule has 1 unspecified atom stereocenters. The first-order valence-corrected chi connectivity index (χ1v) is 10.6. The molecule has 4 rings (SSSR count). The molecule has 0 bridgehead atoms. The molecular weight excluding hydrogens is 366 g/mol. The molecule has 2 saturated heterocycles. The van der Waals surface area contributed by atoms with E-state index in [1.54, 1.807) is 12.1 Å². The van der Waals surface area contributed by atoms with Crippen LogP contribution in [0.3, 0.4) is 0 Å². The zero-order chi connectivity index (χ0) is 20.2. The average Bonchev–Trinajstić information content (AvgIpc) is 3.29. The number of nitrogens with zero attached hydrogens (tertiary/aromatic N) is 2. The molecule has 0 radical (unpaired) electrons. The van der Waals surface area contributed by atoms with E-state index < -0.39 is 0 Å². The second-order valence-corrected chi connectivity index (χ2v) is 8.07. The Labute approximate surface area is 171 Å².